The molecule has 1 aromatic carbocycles. The zero-order valence-corrected chi connectivity index (χ0v) is 18.1. The van der Waals surface area contributed by atoms with Gasteiger partial charge in [0.05, 0.1) is 5.56 Å². The second-order valence-corrected chi connectivity index (χ2v) is 9.50. The quantitative estimate of drug-likeness (QED) is 0.721. The SMILES string of the molecule is Cc1nc(S(=O)(=O)N2CCC(C(=O)NCCc3ccccc3C(F)(F)F)CC2)cn1C. The van der Waals surface area contributed by atoms with Crippen molar-refractivity contribution in [2.45, 2.75) is 37.4 Å². The summed E-state index contributed by atoms with van der Waals surface area (Å²) in [5.41, 5.74) is -0.575. The molecule has 0 aliphatic carbocycles. The minimum absolute atomic E-state index is 0.0151. The first kappa shape index (κ1) is 23.3. The van der Waals surface area contributed by atoms with Gasteiger partial charge < -0.3 is 9.88 Å². The standard InChI is InChI=1S/C20H25F3N4O3S/c1-14-25-18(13-26(14)2)31(29,30)27-11-8-16(9-12-27)19(28)24-10-7-15-5-3-4-6-17(15)20(21,22)23/h3-6,13,16H,7-12H2,1-2H3,(H,24,28). The van der Waals surface area contributed by atoms with Crippen molar-refractivity contribution >= 4 is 15.9 Å². The molecule has 3 rings (SSSR count). The lowest BCUT2D eigenvalue weighted by atomic mass is 9.97. The molecule has 0 unspecified atom stereocenters. The van der Waals surface area contributed by atoms with Crippen LogP contribution in [0.1, 0.15) is 29.8 Å². The number of nitrogens with zero attached hydrogens (tertiary/aromatic N) is 3. The molecular weight excluding hydrogens is 433 g/mol. The maximum atomic E-state index is 13.1. The summed E-state index contributed by atoms with van der Waals surface area (Å²) in [4.78, 5) is 16.5. The molecule has 2 aromatic rings. The molecule has 1 fully saturated rings. The molecule has 0 saturated carbocycles. The van der Waals surface area contributed by atoms with Crippen molar-refractivity contribution in [3.05, 3.63) is 47.4 Å². The van der Waals surface area contributed by atoms with Crippen LogP contribution in [-0.2, 0) is 34.5 Å². The number of sulfonamides is 1. The number of piperidine rings is 1. The van der Waals surface area contributed by atoms with Gasteiger partial charge in [-0.3, -0.25) is 4.79 Å². The number of benzene rings is 1. The number of carbonyl (C=O) groups excluding carboxylic acids is 1. The van der Waals surface area contributed by atoms with Crippen molar-refractivity contribution < 1.29 is 26.4 Å². The summed E-state index contributed by atoms with van der Waals surface area (Å²) in [7, 11) is -2.01. The van der Waals surface area contributed by atoms with Gasteiger partial charge in [-0.05, 0) is 37.8 Å². The number of carbonyl (C=O) groups is 1. The summed E-state index contributed by atoms with van der Waals surface area (Å²) in [6, 6.07) is 5.29. The lowest BCUT2D eigenvalue weighted by molar-refractivity contribution is -0.138. The monoisotopic (exact) mass is 458 g/mol. The number of halogens is 3. The van der Waals surface area contributed by atoms with Crippen LogP contribution >= 0.6 is 0 Å². The number of imidazole rings is 1. The Morgan fingerprint density at radius 2 is 1.87 bits per heavy atom. The van der Waals surface area contributed by atoms with Gasteiger partial charge in [-0.2, -0.15) is 17.5 Å². The molecule has 1 aromatic heterocycles. The van der Waals surface area contributed by atoms with E-state index in [0.717, 1.165) is 6.07 Å². The van der Waals surface area contributed by atoms with E-state index in [0.29, 0.717) is 18.7 Å². The Morgan fingerprint density at radius 1 is 1.23 bits per heavy atom. The molecule has 1 N–H and O–H groups in total. The Balaban J connectivity index is 1.52. The average Bonchev–Trinajstić information content (AvgIpc) is 3.07. The fourth-order valence-corrected chi connectivity index (χ4v) is 5.12. The first-order chi connectivity index (χ1) is 14.5. The third-order valence-corrected chi connectivity index (χ3v) is 7.30. The Kier molecular flexibility index (Phi) is 6.75. The molecule has 0 atom stereocenters. The number of aryl methyl sites for hydroxylation is 2. The van der Waals surface area contributed by atoms with Gasteiger partial charge in [0, 0.05) is 38.8 Å². The Labute approximate surface area is 179 Å². The van der Waals surface area contributed by atoms with Gasteiger partial charge in [0.25, 0.3) is 10.0 Å². The highest BCUT2D eigenvalue weighted by Gasteiger charge is 2.34. The number of nitrogens with one attached hydrogen (secondary N) is 1. The van der Waals surface area contributed by atoms with Crippen molar-refractivity contribution in [2.75, 3.05) is 19.6 Å². The molecule has 7 nitrogen and oxygen atoms in total. The van der Waals surface area contributed by atoms with Crippen LogP contribution in [0.5, 0.6) is 0 Å². The number of alkyl halides is 3. The van der Waals surface area contributed by atoms with Gasteiger partial charge in [-0.25, -0.2) is 13.4 Å². The summed E-state index contributed by atoms with van der Waals surface area (Å²) in [6.07, 6.45) is -2.23. The van der Waals surface area contributed by atoms with Crippen LogP contribution in [0.4, 0.5) is 13.2 Å². The largest absolute Gasteiger partial charge is 0.416 e. The molecule has 1 saturated heterocycles. The van der Waals surface area contributed by atoms with E-state index in [1.165, 1.54) is 28.7 Å². The fourth-order valence-electron chi connectivity index (χ4n) is 3.62. The summed E-state index contributed by atoms with van der Waals surface area (Å²) < 4.78 is 67.6. The molecule has 0 bridgehead atoms. The van der Waals surface area contributed by atoms with Gasteiger partial charge in [-0.1, -0.05) is 18.2 Å². The smallest absolute Gasteiger partial charge is 0.356 e. The third kappa shape index (κ3) is 5.27. The molecule has 0 radical (unpaired) electrons. The van der Waals surface area contributed by atoms with E-state index in [9.17, 15) is 26.4 Å². The molecule has 11 heteroatoms. The second kappa shape index (κ2) is 8.99. The van der Waals surface area contributed by atoms with Crippen molar-refractivity contribution in [3.8, 4) is 0 Å². The van der Waals surface area contributed by atoms with Crippen molar-refractivity contribution in [1.29, 1.82) is 0 Å². The zero-order valence-electron chi connectivity index (χ0n) is 17.3. The van der Waals surface area contributed by atoms with E-state index in [-0.39, 0.29) is 48.5 Å². The topological polar surface area (TPSA) is 84.3 Å². The predicted octanol–water partition coefficient (Wildman–Crippen LogP) is 2.51. The highest BCUT2D eigenvalue weighted by molar-refractivity contribution is 7.89. The molecule has 1 aliphatic heterocycles. The van der Waals surface area contributed by atoms with Crippen molar-refractivity contribution in [3.63, 3.8) is 0 Å². The summed E-state index contributed by atoms with van der Waals surface area (Å²) in [5.74, 6) is -0.0649. The van der Waals surface area contributed by atoms with Crippen LogP contribution in [0.2, 0.25) is 0 Å². The molecule has 1 aliphatic rings. The van der Waals surface area contributed by atoms with Crippen LogP contribution in [0.25, 0.3) is 0 Å². The number of rotatable bonds is 6. The van der Waals surface area contributed by atoms with Gasteiger partial charge in [0.2, 0.25) is 5.91 Å². The van der Waals surface area contributed by atoms with E-state index < -0.39 is 21.8 Å². The van der Waals surface area contributed by atoms with Crippen LogP contribution in [0.15, 0.2) is 35.5 Å². The fraction of sp³-hybridized carbons (Fsp3) is 0.500. The second-order valence-electron chi connectivity index (χ2n) is 7.61. The maximum absolute atomic E-state index is 13.1. The van der Waals surface area contributed by atoms with Crippen LogP contribution in [0.3, 0.4) is 0 Å². The third-order valence-electron chi connectivity index (χ3n) is 5.53. The van der Waals surface area contributed by atoms with Gasteiger partial charge in [0.15, 0.2) is 5.03 Å². The number of hydrogen-bond acceptors (Lipinski definition) is 4. The molecule has 170 valence electrons. The normalized spacial score (nSPS) is 16.4. The summed E-state index contributed by atoms with van der Waals surface area (Å²) in [5, 5.41) is 2.67. The highest BCUT2D eigenvalue weighted by Crippen LogP contribution is 2.32. The predicted molar refractivity (Wildman–Crippen MR) is 108 cm³/mol. The first-order valence-corrected chi connectivity index (χ1v) is 11.4. The Morgan fingerprint density at radius 3 is 2.45 bits per heavy atom. The first-order valence-electron chi connectivity index (χ1n) is 9.93. The average molecular weight is 459 g/mol. The van der Waals surface area contributed by atoms with Gasteiger partial charge in [0.1, 0.15) is 5.82 Å². The van der Waals surface area contributed by atoms with Crippen molar-refractivity contribution in [1.82, 2.24) is 19.2 Å². The van der Waals surface area contributed by atoms with E-state index in [1.54, 1.807) is 18.5 Å². The molecule has 31 heavy (non-hydrogen) atoms. The summed E-state index contributed by atoms with van der Waals surface area (Å²) >= 11 is 0. The lowest BCUT2D eigenvalue weighted by Gasteiger charge is -2.30. The number of aromatic nitrogens is 2. The van der Waals surface area contributed by atoms with Crippen LogP contribution in [-0.4, -0.2) is 47.8 Å². The van der Waals surface area contributed by atoms with E-state index >= 15 is 0 Å². The van der Waals surface area contributed by atoms with Crippen molar-refractivity contribution in [2.24, 2.45) is 13.0 Å². The van der Waals surface area contributed by atoms with E-state index in [2.05, 4.69) is 10.3 Å². The molecule has 2 heterocycles. The molecule has 0 spiro atoms. The molecular formula is C20H25F3N4O3S. The number of hydrogen-bond donors (Lipinski definition) is 1. The Hall–Kier alpha value is -2.40. The van der Waals surface area contributed by atoms with Gasteiger partial charge in [-0.15, -0.1) is 0 Å². The zero-order chi connectivity index (χ0) is 22.8. The highest BCUT2D eigenvalue weighted by atomic mass is 32.2. The van der Waals surface area contributed by atoms with E-state index in [1.807, 2.05) is 0 Å². The lowest BCUT2D eigenvalue weighted by Crippen LogP contribution is -2.43. The number of amides is 1. The minimum Gasteiger partial charge on any atom is -0.356 e. The summed E-state index contributed by atoms with van der Waals surface area (Å²) in [6.45, 7) is 2.17. The Bertz CT molecular complexity index is 1020. The van der Waals surface area contributed by atoms with Crippen LogP contribution < -0.4 is 5.32 Å². The van der Waals surface area contributed by atoms with E-state index in [4.69, 9.17) is 0 Å². The maximum Gasteiger partial charge on any atom is 0.416 e. The van der Waals surface area contributed by atoms with Gasteiger partial charge >= 0.3 is 6.18 Å². The molecule has 1 amide bonds. The minimum atomic E-state index is -4.44. The van der Waals surface area contributed by atoms with Crippen LogP contribution in [0, 0.1) is 12.8 Å².